The lowest BCUT2D eigenvalue weighted by atomic mass is 10.1. The number of fused-ring (bicyclic) bond motifs is 3. The van der Waals surface area contributed by atoms with E-state index in [-0.39, 0.29) is 5.78 Å². The van der Waals surface area contributed by atoms with Crippen molar-refractivity contribution in [2.75, 3.05) is 7.11 Å². The number of hydrogen-bond acceptors (Lipinski definition) is 2. The fraction of sp³-hybridized carbons (Fsp3) is 0.0556. The standard InChI is InChI=1S/C18H13NO2/c1-21-13-8-6-12(7-9-13)15-10-11-17-18(20)14-4-2-3-5-16(14)19(15)17/h2-11H,1H3. The highest BCUT2D eigenvalue weighted by Crippen LogP contribution is 2.35. The summed E-state index contributed by atoms with van der Waals surface area (Å²) in [5.41, 5.74) is 4.52. The van der Waals surface area contributed by atoms with Gasteiger partial charge in [0.1, 0.15) is 5.75 Å². The van der Waals surface area contributed by atoms with Gasteiger partial charge in [0.25, 0.3) is 0 Å². The van der Waals surface area contributed by atoms with Crippen LogP contribution < -0.4 is 4.74 Å². The Morgan fingerprint density at radius 2 is 1.57 bits per heavy atom. The van der Waals surface area contributed by atoms with E-state index in [4.69, 9.17) is 4.74 Å². The number of para-hydroxylation sites is 1. The molecule has 0 amide bonds. The highest BCUT2D eigenvalue weighted by atomic mass is 16.5. The van der Waals surface area contributed by atoms with Crippen molar-refractivity contribution in [2.45, 2.75) is 0 Å². The van der Waals surface area contributed by atoms with Gasteiger partial charge in [-0.25, -0.2) is 0 Å². The monoisotopic (exact) mass is 275 g/mol. The molecule has 2 aromatic carbocycles. The molecule has 0 fully saturated rings. The van der Waals surface area contributed by atoms with E-state index in [0.717, 1.165) is 34.0 Å². The lowest BCUT2D eigenvalue weighted by molar-refractivity contribution is 0.104. The third-order valence-corrected chi connectivity index (χ3v) is 3.89. The molecule has 1 aliphatic rings. The molecule has 1 aromatic heterocycles. The number of benzene rings is 2. The van der Waals surface area contributed by atoms with Crippen molar-refractivity contribution in [3.05, 3.63) is 71.9 Å². The van der Waals surface area contributed by atoms with E-state index < -0.39 is 0 Å². The lowest BCUT2D eigenvalue weighted by Crippen LogP contribution is -1.96. The molecule has 102 valence electrons. The maximum atomic E-state index is 12.4. The summed E-state index contributed by atoms with van der Waals surface area (Å²) in [7, 11) is 1.65. The molecule has 0 bridgehead atoms. The molecule has 0 saturated heterocycles. The molecule has 3 aromatic rings. The number of ether oxygens (including phenoxy) is 1. The maximum absolute atomic E-state index is 12.4. The molecule has 0 spiro atoms. The summed E-state index contributed by atoms with van der Waals surface area (Å²) in [6.45, 7) is 0. The van der Waals surface area contributed by atoms with Gasteiger partial charge >= 0.3 is 0 Å². The Labute approximate surface area is 122 Å². The third-order valence-electron chi connectivity index (χ3n) is 3.89. The number of methoxy groups -OCH3 is 1. The van der Waals surface area contributed by atoms with Gasteiger partial charge in [0.2, 0.25) is 5.78 Å². The molecule has 4 rings (SSSR count). The van der Waals surface area contributed by atoms with Crippen LogP contribution >= 0.6 is 0 Å². The zero-order valence-electron chi connectivity index (χ0n) is 11.5. The van der Waals surface area contributed by atoms with Gasteiger partial charge in [-0.2, -0.15) is 0 Å². The third kappa shape index (κ3) is 1.64. The molecule has 1 aliphatic heterocycles. The molecule has 3 nitrogen and oxygen atoms in total. The molecular formula is C18H13NO2. The van der Waals surface area contributed by atoms with Crippen molar-refractivity contribution in [1.29, 1.82) is 0 Å². The normalized spacial score (nSPS) is 12.1. The van der Waals surface area contributed by atoms with Gasteiger partial charge in [0.15, 0.2) is 0 Å². The van der Waals surface area contributed by atoms with E-state index in [1.165, 1.54) is 0 Å². The summed E-state index contributed by atoms with van der Waals surface area (Å²) in [5, 5.41) is 0. The van der Waals surface area contributed by atoms with E-state index in [1.54, 1.807) is 7.11 Å². The van der Waals surface area contributed by atoms with Gasteiger partial charge in [-0.05, 0) is 54.1 Å². The first kappa shape index (κ1) is 12.0. The maximum Gasteiger partial charge on any atom is 0.211 e. The van der Waals surface area contributed by atoms with Gasteiger partial charge in [-0.1, -0.05) is 12.1 Å². The molecule has 0 N–H and O–H groups in total. The molecule has 0 aliphatic carbocycles. The van der Waals surface area contributed by atoms with Gasteiger partial charge in [0, 0.05) is 5.56 Å². The van der Waals surface area contributed by atoms with E-state index >= 15 is 0 Å². The Kier molecular flexibility index (Phi) is 2.48. The minimum atomic E-state index is 0.0883. The Morgan fingerprint density at radius 1 is 0.857 bits per heavy atom. The predicted molar refractivity (Wildman–Crippen MR) is 81.2 cm³/mol. The Balaban J connectivity index is 1.91. The minimum Gasteiger partial charge on any atom is -0.497 e. The molecule has 0 radical (unpaired) electrons. The van der Waals surface area contributed by atoms with Gasteiger partial charge in [-0.3, -0.25) is 4.79 Å². The summed E-state index contributed by atoms with van der Waals surface area (Å²) in [6, 6.07) is 19.5. The number of nitrogens with zero attached hydrogens (tertiary/aromatic N) is 1. The van der Waals surface area contributed by atoms with Gasteiger partial charge in [-0.15, -0.1) is 0 Å². The molecule has 0 saturated carbocycles. The van der Waals surface area contributed by atoms with Crippen LogP contribution in [0.1, 0.15) is 16.1 Å². The Hall–Kier alpha value is -2.81. The second-order valence-corrected chi connectivity index (χ2v) is 5.01. The molecule has 21 heavy (non-hydrogen) atoms. The van der Waals surface area contributed by atoms with Crippen LogP contribution in [0.25, 0.3) is 16.9 Å². The zero-order valence-corrected chi connectivity index (χ0v) is 11.5. The topological polar surface area (TPSA) is 31.2 Å². The summed E-state index contributed by atoms with van der Waals surface area (Å²) in [6.07, 6.45) is 0. The van der Waals surface area contributed by atoms with Crippen molar-refractivity contribution in [1.82, 2.24) is 4.57 Å². The number of hydrogen-bond donors (Lipinski definition) is 0. The SMILES string of the molecule is COc1ccc(-c2ccc3n2-c2ccccc2C3=O)cc1. The first-order valence-corrected chi connectivity index (χ1v) is 6.80. The smallest absolute Gasteiger partial charge is 0.211 e. The summed E-state index contributed by atoms with van der Waals surface area (Å²) >= 11 is 0. The van der Waals surface area contributed by atoms with Gasteiger partial charge in [0.05, 0.1) is 24.2 Å². The Morgan fingerprint density at radius 3 is 2.33 bits per heavy atom. The average molecular weight is 275 g/mol. The van der Waals surface area contributed by atoms with Crippen LogP contribution in [-0.4, -0.2) is 17.5 Å². The molecule has 0 unspecified atom stereocenters. The lowest BCUT2D eigenvalue weighted by Gasteiger charge is -2.08. The van der Waals surface area contributed by atoms with E-state index in [1.807, 2.05) is 65.2 Å². The van der Waals surface area contributed by atoms with Crippen LogP contribution in [-0.2, 0) is 0 Å². The van der Waals surface area contributed by atoms with Crippen LogP contribution in [0.3, 0.4) is 0 Å². The first-order valence-electron chi connectivity index (χ1n) is 6.80. The quantitative estimate of drug-likeness (QED) is 0.558. The fourth-order valence-electron chi connectivity index (χ4n) is 2.86. The van der Waals surface area contributed by atoms with Crippen LogP contribution in [0.15, 0.2) is 60.7 Å². The van der Waals surface area contributed by atoms with Gasteiger partial charge < -0.3 is 9.30 Å². The van der Waals surface area contributed by atoms with E-state index in [9.17, 15) is 4.79 Å². The summed E-state index contributed by atoms with van der Waals surface area (Å²) in [4.78, 5) is 12.4. The number of rotatable bonds is 2. The van der Waals surface area contributed by atoms with Crippen molar-refractivity contribution in [3.8, 4) is 22.7 Å². The highest BCUT2D eigenvalue weighted by molar-refractivity contribution is 6.14. The zero-order chi connectivity index (χ0) is 14.4. The second kappa shape index (κ2) is 4.35. The van der Waals surface area contributed by atoms with Crippen LogP contribution in [0.2, 0.25) is 0 Å². The van der Waals surface area contributed by atoms with Crippen LogP contribution in [0.4, 0.5) is 0 Å². The van der Waals surface area contributed by atoms with Crippen LogP contribution in [0.5, 0.6) is 5.75 Å². The van der Waals surface area contributed by atoms with Crippen molar-refractivity contribution >= 4 is 5.78 Å². The minimum absolute atomic E-state index is 0.0883. The largest absolute Gasteiger partial charge is 0.497 e. The first-order chi connectivity index (χ1) is 10.3. The number of carbonyl (C=O) groups is 1. The number of carbonyl (C=O) groups excluding carboxylic acids is 1. The number of ketones is 1. The number of aromatic nitrogens is 1. The summed E-state index contributed by atoms with van der Waals surface area (Å²) in [5.74, 6) is 0.911. The highest BCUT2D eigenvalue weighted by Gasteiger charge is 2.28. The van der Waals surface area contributed by atoms with Crippen LogP contribution in [0, 0.1) is 0 Å². The predicted octanol–water partition coefficient (Wildman–Crippen LogP) is 3.70. The molecule has 0 atom stereocenters. The van der Waals surface area contributed by atoms with E-state index in [2.05, 4.69) is 0 Å². The van der Waals surface area contributed by atoms with Crippen molar-refractivity contribution in [2.24, 2.45) is 0 Å². The molecule has 3 heteroatoms. The average Bonchev–Trinajstić information content (AvgIpc) is 3.09. The van der Waals surface area contributed by atoms with Crippen molar-refractivity contribution < 1.29 is 9.53 Å². The molecule has 2 heterocycles. The second-order valence-electron chi connectivity index (χ2n) is 5.01. The van der Waals surface area contributed by atoms with Crippen molar-refractivity contribution in [3.63, 3.8) is 0 Å². The molecular weight excluding hydrogens is 262 g/mol. The van der Waals surface area contributed by atoms with E-state index in [0.29, 0.717) is 0 Å². The summed E-state index contributed by atoms with van der Waals surface area (Å²) < 4.78 is 7.22. The fourth-order valence-corrected chi connectivity index (χ4v) is 2.86. The Bertz CT molecular complexity index is 844.